The Morgan fingerprint density at radius 3 is 2.56 bits per heavy atom. The van der Waals surface area contributed by atoms with E-state index in [2.05, 4.69) is 32.5 Å². The molecule has 0 bridgehead atoms. The number of para-hydroxylation sites is 2. The second kappa shape index (κ2) is 10.6. The molecular formula is C25H25N5O3S. The van der Waals surface area contributed by atoms with Crippen molar-refractivity contribution in [3.63, 3.8) is 0 Å². The van der Waals surface area contributed by atoms with Gasteiger partial charge in [-0.25, -0.2) is 0 Å². The molecule has 2 aromatic carbocycles. The van der Waals surface area contributed by atoms with Crippen LogP contribution in [0.5, 0.6) is 0 Å². The summed E-state index contributed by atoms with van der Waals surface area (Å²) in [6.45, 7) is 3.56. The molecule has 3 heterocycles. The summed E-state index contributed by atoms with van der Waals surface area (Å²) in [4.78, 5) is 15.1. The Labute approximate surface area is 201 Å². The number of morpholine rings is 1. The van der Waals surface area contributed by atoms with Crippen LogP contribution in [0.2, 0.25) is 0 Å². The van der Waals surface area contributed by atoms with E-state index in [-0.39, 0.29) is 11.7 Å². The zero-order chi connectivity index (χ0) is 23.2. The molecule has 1 N–H and O–H groups in total. The number of hydrogen-bond donors (Lipinski definition) is 1. The van der Waals surface area contributed by atoms with E-state index in [1.807, 2.05) is 59.2 Å². The van der Waals surface area contributed by atoms with E-state index in [9.17, 15) is 4.79 Å². The number of nitrogens with zero attached hydrogens (tertiary/aromatic N) is 4. The highest BCUT2D eigenvalue weighted by molar-refractivity contribution is 7.99. The van der Waals surface area contributed by atoms with Crippen LogP contribution in [0.4, 0.5) is 11.4 Å². The molecule has 8 nitrogen and oxygen atoms in total. The molecule has 1 aliphatic heterocycles. The van der Waals surface area contributed by atoms with Gasteiger partial charge in [-0.15, -0.1) is 10.2 Å². The van der Waals surface area contributed by atoms with Crippen molar-refractivity contribution < 1.29 is 13.9 Å². The summed E-state index contributed by atoms with van der Waals surface area (Å²) in [5.74, 6) is 1.39. The maximum Gasteiger partial charge on any atom is 0.234 e. The van der Waals surface area contributed by atoms with Crippen LogP contribution in [-0.2, 0) is 16.1 Å². The number of carbonyl (C=O) groups is 1. The van der Waals surface area contributed by atoms with E-state index in [4.69, 9.17) is 9.15 Å². The van der Waals surface area contributed by atoms with Gasteiger partial charge >= 0.3 is 0 Å². The molecule has 0 unspecified atom stereocenters. The summed E-state index contributed by atoms with van der Waals surface area (Å²) in [5.41, 5.74) is 2.93. The fourth-order valence-corrected chi connectivity index (χ4v) is 4.61. The fraction of sp³-hybridized carbons (Fsp3) is 0.240. The van der Waals surface area contributed by atoms with Gasteiger partial charge in [-0.2, -0.15) is 0 Å². The van der Waals surface area contributed by atoms with Crippen molar-refractivity contribution in [1.29, 1.82) is 0 Å². The highest BCUT2D eigenvalue weighted by Gasteiger charge is 2.19. The summed E-state index contributed by atoms with van der Waals surface area (Å²) in [6, 6.07) is 21.6. The first-order chi connectivity index (χ1) is 16.8. The van der Waals surface area contributed by atoms with Gasteiger partial charge in [0.2, 0.25) is 11.7 Å². The molecule has 0 saturated carbocycles. The average molecular weight is 476 g/mol. The lowest BCUT2D eigenvalue weighted by molar-refractivity contribution is -0.113. The second-order valence-electron chi connectivity index (χ2n) is 7.81. The van der Waals surface area contributed by atoms with Crippen molar-refractivity contribution in [3.05, 3.63) is 78.6 Å². The summed E-state index contributed by atoms with van der Waals surface area (Å²) >= 11 is 1.36. The van der Waals surface area contributed by atoms with Gasteiger partial charge in [0.05, 0.1) is 43.1 Å². The van der Waals surface area contributed by atoms with E-state index in [0.717, 1.165) is 30.0 Å². The molecule has 174 valence electrons. The number of carbonyl (C=O) groups excluding carboxylic acids is 1. The molecule has 1 amide bonds. The lowest BCUT2D eigenvalue weighted by atomic mass is 10.2. The molecular weight excluding hydrogens is 450 g/mol. The van der Waals surface area contributed by atoms with Crippen LogP contribution in [0.25, 0.3) is 11.6 Å². The van der Waals surface area contributed by atoms with Crippen LogP contribution in [-0.4, -0.2) is 52.7 Å². The largest absolute Gasteiger partial charge is 0.461 e. The zero-order valence-corrected chi connectivity index (χ0v) is 19.4. The minimum absolute atomic E-state index is 0.0977. The van der Waals surface area contributed by atoms with Crippen molar-refractivity contribution in [2.75, 3.05) is 42.3 Å². The van der Waals surface area contributed by atoms with Gasteiger partial charge in [0.1, 0.15) is 0 Å². The van der Waals surface area contributed by atoms with Crippen molar-refractivity contribution >= 4 is 29.0 Å². The van der Waals surface area contributed by atoms with Gasteiger partial charge in [-0.05, 0) is 29.8 Å². The van der Waals surface area contributed by atoms with Gasteiger partial charge in [0.25, 0.3) is 0 Å². The monoisotopic (exact) mass is 475 g/mol. The minimum atomic E-state index is -0.0977. The molecule has 0 aliphatic carbocycles. The standard InChI is InChI=1S/C25H25N5O3S/c31-23(26-20-9-4-5-10-21(20)29-12-15-32-16-13-29)18-34-25-28-27-24(22-11-6-14-33-22)30(25)17-19-7-2-1-3-8-19/h1-11,14H,12-13,15-18H2,(H,26,31). The van der Waals surface area contributed by atoms with Crippen LogP contribution in [0.15, 0.2) is 82.6 Å². The van der Waals surface area contributed by atoms with E-state index in [1.54, 1.807) is 6.26 Å². The lowest BCUT2D eigenvalue weighted by Crippen LogP contribution is -2.36. The van der Waals surface area contributed by atoms with Crippen molar-refractivity contribution in [2.45, 2.75) is 11.7 Å². The molecule has 2 aromatic heterocycles. The van der Waals surface area contributed by atoms with Crippen molar-refractivity contribution in [2.24, 2.45) is 0 Å². The normalized spacial score (nSPS) is 13.7. The molecule has 0 spiro atoms. The van der Waals surface area contributed by atoms with Gasteiger partial charge in [-0.1, -0.05) is 54.2 Å². The third-order valence-electron chi connectivity index (χ3n) is 5.50. The number of amides is 1. The van der Waals surface area contributed by atoms with Gasteiger partial charge in [0.15, 0.2) is 10.9 Å². The molecule has 34 heavy (non-hydrogen) atoms. The molecule has 4 aromatic rings. The maximum absolute atomic E-state index is 12.9. The summed E-state index contributed by atoms with van der Waals surface area (Å²) in [6.07, 6.45) is 1.61. The number of ether oxygens (including phenoxy) is 1. The van der Waals surface area contributed by atoms with Crippen LogP contribution in [0.3, 0.4) is 0 Å². The van der Waals surface area contributed by atoms with Crippen molar-refractivity contribution in [1.82, 2.24) is 14.8 Å². The average Bonchev–Trinajstić information content (AvgIpc) is 3.54. The van der Waals surface area contributed by atoms with Crippen LogP contribution >= 0.6 is 11.8 Å². The number of benzene rings is 2. The molecule has 1 fully saturated rings. The van der Waals surface area contributed by atoms with Crippen LogP contribution < -0.4 is 10.2 Å². The Hall–Kier alpha value is -3.56. The second-order valence-corrected chi connectivity index (χ2v) is 8.75. The Kier molecular flexibility index (Phi) is 6.92. The quantitative estimate of drug-likeness (QED) is 0.383. The third-order valence-corrected chi connectivity index (χ3v) is 6.47. The number of hydrogen-bond acceptors (Lipinski definition) is 7. The van der Waals surface area contributed by atoms with Gasteiger partial charge in [0, 0.05) is 13.1 Å². The van der Waals surface area contributed by atoms with Crippen molar-refractivity contribution in [3.8, 4) is 11.6 Å². The first-order valence-electron chi connectivity index (χ1n) is 11.1. The van der Waals surface area contributed by atoms with Crippen LogP contribution in [0.1, 0.15) is 5.56 Å². The number of rotatable bonds is 8. The Morgan fingerprint density at radius 2 is 1.76 bits per heavy atom. The predicted molar refractivity (Wildman–Crippen MR) is 132 cm³/mol. The van der Waals surface area contributed by atoms with Gasteiger partial charge in [-0.3, -0.25) is 9.36 Å². The SMILES string of the molecule is O=C(CSc1nnc(-c2ccco2)n1Cc1ccccc1)Nc1ccccc1N1CCOCC1. The first kappa shape index (κ1) is 22.2. The summed E-state index contributed by atoms with van der Waals surface area (Å²) < 4.78 is 13.0. The molecule has 5 rings (SSSR count). The number of aromatic nitrogens is 3. The van der Waals surface area contributed by atoms with E-state index >= 15 is 0 Å². The number of furan rings is 1. The Bertz CT molecular complexity index is 1220. The first-order valence-corrected chi connectivity index (χ1v) is 12.1. The molecule has 1 aliphatic rings. The summed E-state index contributed by atoms with van der Waals surface area (Å²) in [7, 11) is 0. The molecule has 0 atom stereocenters. The topological polar surface area (TPSA) is 85.4 Å². The lowest BCUT2D eigenvalue weighted by Gasteiger charge is -2.30. The smallest absolute Gasteiger partial charge is 0.234 e. The Balaban J connectivity index is 1.30. The molecule has 9 heteroatoms. The minimum Gasteiger partial charge on any atom is -0.461 e. The summed E-state index contributed by atoms with van der Waals surface area (Å²) in [5, 5.41) is 12.4. The molecule has 0 radical (unpaired) electrons. The predicted octanol–water partition coefficient (Wildman–Crippen LogP) is 4.15. The maximum atomic E-state index is 12.9. The highest BCUT2D eigenvalue weighted by atomic mass is 32.2. The van der Waals surface area contributed by atoms with E-state index in [0.29, 0.717) is 36.5 Å². The fourth-order valence-electron chi connectivity index (χ4n) is 3.87. The third kappa shape index (κ3) is 5.16. The zero-order valence-electron chi connectivity index (χ0n) is 18.6. The number of anilines is 2. The number of nitrogens with one attached hydrogen (secondary N) is 1. The van der Waals surface area contributed by atoms with Gasteiger partial charge < -0.3 is 19.4 Å². The number of thioether (sulfide) groups is 1. The van der Waals surface area contributed by atoms with E-state index < -0.39 is 0 Å². The van der Waals surface area contributed by atoms with Crippen LogP contribution in [0, 0.1) is 0 Å². The Morgan fingerprint density at radius 1 is 0.971 bits per heavy atom. The highest BCUT2D eigenvalue weighted by Crippen LogP contribution is 2.28. The molecule has 1 saturated heterocycles. The van der Waals surface area contributed by atoms with E-state index in [1.165, 1.54) is 11.8 Å².